The molecule has 0 aromatic heterocycles. The molecule has 0 saturated heterocycles. The lowest BCUT2D eigenvalue weighted by atomic mass is 9.69. The van der Waals surface area contributed by atoms with Gasteiger partial charge in [-0.25, -0.2) is 0 Å². The molecule has 0 fully saturated rings. The van der Waals surface area contributed by atoms with E-state index in [4.69, 9.17) is 0 Å². The average molecular weight is 643 g/mol. The molecule has 6 aromatic rings. The largest absolute Gasteiger partial charge is 0.508 e. The number of benzene rings is 6. The fraction of sp³-hybridized carbons (Fsp3) is 0.100. The van der Waals surface area contributed by atoms with Crippen molar-refractivity contribution in [3.63, 3.8) is 0 Å². The second-order valence-electron chi connectivity index (χ2n) is 12.2. The number of hydrogen-bond donors (Lipinski definition) is 8. The van der Waals surface area contributed by atoms with Crippen LogP contribution in [0.15, 0.2) is 121 Å². The molecule has 0 saturated carbocycles. The van der Waals surface area contributed by atoms with Gasteiger partial charge in [-0.05, 0) is 60.4 Å². The molecule has 8 nitrogen and oxygen atoms in total. The number of rotatable bonds is 7. The minimum absolute atomic E-state index is 0.107. The Bertz CT molecular complexity index is 1880. The summed E-state index contributed by atoms with van der Waals surface area (Å²) < 4.78 is 0. The third-order valence-corrected chi connectivity index (χ3v) is 9.34. The van der Waals surface area contributed by atoms with E-state index in [2.05, 4.69) is 0 Å². The van der Waals surface area contributed by atoms with Crippen molar-refractivity contribution in [1.29, 1.82) is 0 Å². The van der Waals surface area contributed by atoms with Gasteiger partial charge in [-0.1, -0.05) is 72.8 Å². The number of phenols is 8. The molecule has 6 aromatic carbocycles. The van der Waals surface area contributed by atoms with Crippen LogP contribution in [0.25, 0.3) is 11.1 Å². The highest BCUT2D eigenvalue weighted by Crippen LogP contribution is 2.49. The highest BCUT2D eigenvalue weighted by atomic mass is 16.3. The fourth-order valence-corrected chi connectivity index (χ4v) is 6.68. The minimum atomic E-state index is -1.09. The zero-order chi connectivity index (χ0) is 34.4. The van der Waals surface area contributed by atoms with Crippen LogP contribution in [0, 0.1) is 0 Å². The van der Waals surface area contributed by atoms with E-state index in [9.17, 15) is 40.9 Å². The zero-order valence-electron chi connectivity index (χ0n) is 26.1. The van der Waals surface area contributed by atoms with Gasteiger partial charge in [0, 0.05) is 57.3 Å². The Hall–Kier alpha value is -6.28. The second-order valence-corrected chi connectivity index (χ2v) is 12.2. The Balaban J connectivity index is 1.42. The maximum Gasteiger partial charge on any atom is 0.123 e. The Kier molecular flexibility index (Phi) is 7.80. The van der Waals surface area contributed by atoms with E-state index in [0.29, 0.717) is 22.3 Å². The summed E-state index contributed by atoms with van der Waals surface area (Å²) in [7, 11) is 0. The second kappa shape index (κ2) is 11.8. The third kappa shape index (κ3) is 5.33. The topological polar surface area (TPSA) is 162 Å². The molecule has 8 heteroatoms. The molecule has 8 N–H and O–H groups in total. The molecule has 0 spiro atoms. The van der Waals surface area contributed by atoms with Crippen molar-refractivity contribution in [2.45, 2.75) is 24.7 Å². The van der Waals surface area contributed by atoms with Crippen LogP contribution in [0.1, 0.15) is 47.2 Å². The van der Waals surface area contributed by atoms with E-state index in [0.717, 1.165) is 22.3 Å². The molecule has 0 bridgehead atoms. The van der Waals surface area contributed by atoms with E-state index in [1.165, 1.54) is 48.5 Å². The van der Waals surface area contributed by atoms with Crippen molar-refractivity contribution in [2.75, 3.05) is 0 Å². The SMILES string of the molecule is CC(c1ccc(-c2ccc(C(C)(c3ccc(O)cc3O)c3ccc(O)cc3O)cc2)cc1)(c1ccc(O)cc1O)c1ccc(O)cc1O. The first-order chi connectivity index (χ1) is 22.8. The van der Waals surface area contributed by atoms with E-state index in [1.54, 1.807) is 24.3 Å². The summed E-state index contributed by atoms with van der Waals surface area (Å²) in [4.78, 5) is 0. The first-order valence-electron chi connectivity index (χ1n) is 15.1. The minimum Gasteiger partial charge on any atom is -0.508 e. The van der Waals surface area contributed by atoms with Crippen LogP contribution in [-0.2, 0) is 10.8 Å². The van der Waals surface area contributed by atoms with Crippen LogP contribution in [-0.4, -0.2) is 40.9 Å². The van der Waals surface area contributed by atoms with Gasteiger partial charge >= 0.3 is 0 Å². The van der Waals surface area contributed by atoms with Crippen molar-refractivity contribution in [1.82, 2.24) is 0 Å². The van der Waals surface area contributed by atoms with Crippen molar-refractivity contribution < 1.29 is 40.9 Å². The van der Waals surface area contributed by atoms with Crippen molar-refractivity contribution >= 4 is 0 Å². The van der Waals surface area contributed by atoms with Gasteiger partial charge in [0.25, 0.3) is 0 Å². The van der Waals surface area contributed by atoms with E-state index in [-0.39, 0.29) is 46.0 Å². The molecule has 0 heterocycles. The normalized spacial score (nSPS) is 11.8. The molecule has 0 atom stereocenters. The Morgan fingerprint density at radius 1 is 0.312 bits per heavy atom. The molecule has 6 rings (SSSR count). The highest BCUT2D eigenvalue weighted by Gasteiger charge is 2.37. The Labute approximate surface area is 277 Å². The van der Waals surface area contributed by atoms with E-state index in [1.807, 2.05) is 62.4 Å². The Morgan fingerprint density at radius 3 is 0.750 bits per heavy atom. The van der Waals surface area contributed by atoms with Gasteiger partial charge in [0.2, 0.25) is 0 Å². The molecule has 48 heavy (non-hydrogen) atoms. The molecule has 0 amide bonds. The molecule has 0 unspecified atom stereocenters. The smallest absolute Gasteiger partial charge is 0.123 e. The van der Waals surface area contributed by atoms with Crippen LogP contribution in [0.4, 0.5) is 0 Å². The first kappa shape index (κ1) is 31.7. The summed E-state index contributed by atoms with van der Waals surface area (Å²) in [5.41, 5.74) is 2.75. The zero-order valence-corrected chi connectivity index (χ0v) is 26.1. The van der Waals surface area contributed by atoms with Crippen molar-refractivity contribution in [3.8, 4) is 57.1 Å². The first-order valence-corrected chi connectivity index (χ1v) is 15.1. The molecule has 0 aliphatic carbocycles. The maximum absolute atomic E-state index is 10.9. The van der Waals surface area contributed by atoms with Crippen molar-refractivity contribution in [3.05, 3.63) is 155 Å². The van der Waals surface area contributed by atoms with Gasteiger partial charge in [0.05, 0.1) is 0 Å². The third-order valence-electron chi connectivity index (χ3n) is 9.34. The van der Waals surface area contributed by atoms with Crippen LogP contribution in [0.3, 0.4) is 0 Å². The average Bonchev–Trinajstić information content (AvgIpc) is 3.04. The lowest BCUT2D eigenvalue weighted by molar-refractivity contribution is 0.425. The molecule has 242 valence electrons. The lowest BCUT2D eigenvalue weighted by Crippen LogP contribution is -2.25. The lowest BCUT2D eigenvalue weighted by Gasteiger charge is -2.33. The standard InChI is InChI=1S/C40H34O8/c1-39(31-15-11-27(41)19-35(31)45,32-16-12-28(42)20-36(32)46)25-7-3-23(4-8-25)24-5-9-26(10-6-24)40(2,33-17-13-29(43)21-37(33)47)34-18-14-30(44)22-38(34)48/h3-22,41-48H,1-2H3. The van der Waals surface area contributed by atoms with Gasteiger partial charge < -0.3 is 40.9 Å². The van der Waals surface area contributed by atoms with E-state index < -0.39 is 10.8 Å². The predicted octanol–water partition coefficient (Wildman–Crippen LogP) is 7.71. The van der Waals surface area contributed by atoms with Gasteiger partial charge in [-0.3, -0.25) is 0 Å². The monoisotopic (exact) mass is 642 g/mol. The molecule has 0 aliphatic rings. The maximum atomic E-state index is 10.9. The van der Waals surface area contributed by atoms with Crippen molar-refractivity contribution in [2.24, 2.45) is 0 Å². The van der Waals surface area contributed by atoms with Gasteiger partial charge in [0.1, 0.15) is 46.0 Å². The highest BCUT2D eigenvalue weighted by molar-refractivity contribution is 5.68. The number of phenolic OH excluding ortho intramolecular Hbond substituents is 8. The molecule has 0 radical (unpaired) electrons. The number of hydrogen-bond acceptors (Lipinski definition) is 8. The van der Waals surface area contributed by atoms with Gasteiger partial charge in [-0.15, -0.1) is 0 Å². The Morgan fingerprint density at radius 2 is 0.542 bits per heavy atom. The summed E-state index contributed by atoms with van der Waals surface area (Å²) in [6, 6.07) is 32.4. The van der Waals surface area contributed by atoms with Crippen LogP contribution >= 0.6 is 0 Å². The van der Waals surface area contributed by atoms with Gasteiger partial charge in [0.15, 0.2) is 0 Å². The fourth-order valence-electron chi connectivity index (χ4n) is 6.68. The summed E-state index contributed by atoms with van der Waals surface area (Å²) in [5, 5.41) is 83.4. The van der Waals surface area contributed by atoms with E-state index >= 15 is 0 Å². The van der Waals surface area contributed by atoms with Crippen LogP contribution in [0.5, 0.6) is 46.0 Å². The summed E-state index contributed by atoms with van der Waals surface area (Å²) in [5.74, 6) is -1.07. The summed E-state index contributed by atoms with van der Waals surface area (Å²) in [6.45, 7) is 3.68. The molecule has 0 aliphatic heterocycles. The molecular formula is C40H34O8. The summed E-state index contributed by atoms with van der Waals surface area (Å²) in [6.07, 6.45) is 0. The summed E-state index contributed by atoms with van der Waals surface area (Å²) >= 11 is 0. The number of aromatic hydroxyl groups is 8. The van der Waals surface area contributed by atoms with Gasteiger partial charge in [-0.2, -0.15) is 0 Å². The van der Waals surface area contributed by atoms with Crippen LogP contribution < -0.4 is 0 Å². The van der Waals surface area contributed by atoms with Crippen LogP contribution in [0.2, 0.25) is 0 Å². The quantitative estimate of drug-likeness (QED) is 0.0822. The molecular weight excluding hydrogens is 608 g/mol. The predicted molar refractivity (Wildman–Crippen MR) is 182 cm³/mol.